The highest BCUT2D eigenvalue weighted by Gasteiger charge is 2.21. The summed E-state index contributed by atoms with van der Waals surface area (Å²) >= 11 is 0. The Morgan fingerprint density at radius 3 is 3.15 bits per heavy atom. The molecule has 0 bridgehead atoms. The van der Waals surface area contributed by atoms with Crippen LogP contribution in [0.3, 0.4) is 0 Å². The van der Waals surface area contributed by atoms with E-state index in [0.717, 1.165) is 35.6 Å². The van der Waals surface area contributed by atoms with Crippen molar-refractivity contribution >= 4 is 16.7 Å². The van der Waals surface area contributed by atoms with Crippen molar-refractivity contribution in [3.63, 3.8) is 0 Å². The first kappa shape index (κ1) is 13.4. The van der Waals surface area contributed by atoms with E-state index in [4.69, 9.17) is 5.73 Å². The van der Waals surface area contributed by atoms with Gasteiger partial charge in [0.15, 0.2) is 0 Å². The standard InChI is InChI=1S/C15H23N5/c1-19-7-3-4-12(9-19)20(2)10-15-17-13-6-5-11(16)8-14(13)18-15/h5-6,8,12H,3-4,7,9-10,16H2,1-2H3,(H,17,18). The summed E-state index contributed by atoms with van der Waals surface area (Å²) in [5.41, 5.74) is 8.59. The van der Waals surface area contributed by atoms with E-state index in [0.29, 0.717) is 6.04 Å². The minimum atomic E-state index is 0.618. The van der Waals surface area contributed by atoms with Gasteiger partial charge in [-0.1, -0.05) is 0 Å². The number of nitrogen functional groups attached to an aromatic ring is 1. The third-order valence-corrected chi connectivity index (χ3v) is 4.18. The summed E-state index contributed by atoms with van der Waals surface area (Å²) in [5.74, 6) is 1.02. The molecule has 5 heteroatoms. The fourth-order valence-corrected chi connectivity index (χ4v) is 3.02. The fourth-order valence-electron chi connectivity index (χ4n) is 3.02. The lowest BCUT2D eigenvalue weighted by molar-refractivity contribution is 0.127. The summed E-state index contributed by atoms with van der Waals surface area (Å²) in [6.07, 6.45) is 2.55. The van der Waals surface area contributed by atoms with Crippen LogP contribution in [0.1, 0.15) is 18.7 Å². The number of piperidine rings is 1. The van der Waals surface area contributed by atoms with E-state index >= 15 is 0 Å². The maximum atomic E-state index is 5.80. The summed E-state index contributed by atoms with van der Waals surface area (Å²) in [4.78, 5) is 12.8. The van der Waals surface area contributed by atoms with Crippen molar-refractivity contribution in [2.75, 3.05) is 32.9 Å². The van der Waals surface area contributed by atoms with Crippen LogP contribution in [0.2, 0.25) is 0 Å². The van der Waals surface area contributed by atoms with E-state index in [9.17, 15) is 0 Å². The summed E-state index contributed by atoms with van der Waals surface area (Å²) in [7, 11) is 4.38. The number of nitrogens with one attached hydrogen (secondary N) is 1. The second-order valence-corrected chi connectivity index (χ2v) is 5.93. The quantitative estimate of drug-likeness (QED) is 0.835. The molecule has 20 heavy (non-hydrogen) atoms. The van der Waals surface area contributed by atoms with Crippen LogP contribution in [-0.2, 0) is 6.54 Å². The number of nitrogens with two attached hydrogens (primary N) is 1. The average molecular weight is 273 g/mol. The molecule has 0 saturated carbocycles. The second kappa shape index (κ2) is 5.42. The van der Waals surface area contributed by atoms with E-state index in [1.165, 1.54) is 19.4 Å². The van der Waals surface area contributed by atoms with Gasteiger partial charge in [-0.2, -0.15) is 0 Å². The molecule has 5 nitrogen and oxygen atoms in total. The van der Waals surface area contributed by atoms with Gasteiger partial charge in [0.2, 0.25) is 0 Å². The number of hydrogen-bond donors (Lipinski definition) is 2. The maximum absolute atomic E-state index is 5.80. The number of likely N-dealkylation sites (tertiary alicyclic amines) is 1. The molecule has 3 rings (SSSR count). The van der Waals surface area contributed by atoms with Crippen LogP contribution in [0.25, 0.3) is 11.0 Å². The Morgan fingerprint density at radius 1 is 1.50 bits per heavy atom. The molecule has 1 aliphatic rings. The number of likely N-dealkylation sites (N-methyl/N-ethyl adjacent to an activating group) is 2. The summed E-state index contributed by atoms with van der Waals surface area (Å²) < 4.78 is 0. The largest absolute Gasteiger partial charge is 0.399 e. The lowest BCUT2D eigenvalue weighted by Gasteiger charge is -2.35. The van der Waals surface area contributed by atoms with Crippen LogP contribution in [0.5, 0.6) is 0 Å². The number of H-pyrrole nitrogens is 1. The van der Waals surface area contributed by atoms with Crippen molar-refractivity contribution in [2.45, 2.75) is 25.4 Å². The van der Waals surface area contributed by atoms with Gasteiger partial charge in [-0.05, 0) is 51.7 Å². The Hall–Kier alpha value is -1.59. The van der Waals surface area contributed by atoms with Crippen molar-refractivity contribution in [1.29, 1.82) is 0 Å². The Bertz CT molecular complexity index is 591. The van der Waals surface area contributed by atoms with Gasteiger partial charge in [-0.15, -0.1) is 0 Å². The highest BCUT2D eigenvalue weighted by atomic mass is 15.2. The number of imidazole rings is 1. The van der Waals surface area contributed by atoms with Crippen molar-refractivity contribution in [2.24, 2.45) is 0 Å². The van der Waals surface area contributed by atoms with Gasteiger partial charge in [-0.3, -0.25) is 4.90 Å². The SMILES string of the molecule is CN1CCCC(N(C)Cc2nc3ccc(N)cc3[nH]2)C1. The van der Waals surface area contributed by atoms with Gasteiger partial charge in [0.25, 0.3) is 0 Å². The van der Waals surface area contributed by atoms with E-state index < -0.39 is 0 Å². The number of benzene rings is 1. The molecule has 3 N–H and O–H groups in total. The molecule has 1 fully saturated rings. The molecule has 2 heterocycles. The third-order valence-electron chi connectivity index (χ3n) is 4.18. The highest BCUT2D eigenvalue weighted by Crippen LogP contribution is 2.18. The lowest BCUT2D eigenvalue weighted by Crippen LogP contribution is -2.44. The molecule has 0 aliphatic carbocycles. The predicted octanol–water partition coefficient (Wildman–Crippen LogP) is 1.67. The van der Waals surface area contributed by atoms with E-state index in [1.54, 1.807) is 0 Å². The van der Waals surface area contributed by atoms with Gasteiger partial charge < -0.3 is 15.6 Å². The second-order valence-electron chi connectivity index (χ2n) is 5.93. The lowest BCUT2D eigenvalue weighted by atomic mass is 10.1. The number of anilines is 1. The van der Waals surface area contributed by atoms with Crippen molar-refractivity contribution in [3.8, 4) is 0 Å². The molecule has 1 aromatic heterocycles. The first-order valence-corrected chi connectivity index (χ1v) is 7.25. The fraction of sp³-hybridized carbons (Fsp3) is 0.533. The van der Waals surface area contributed by atoms with Crippen molar-refractivity contribution in [3.05, 3.63) is 24.0 Å². The Morgan fingerprint density at radius 2 is 2.35 bits per heavy atom. The number of rotatable bonds is 3. The zero-order chi connectivity index (χ0) is 14.1. The van der Waals surface area contributed by atoms with Crippen LogP contribution < -0.4 is 5.73 Å². The first-order valence-electron chi connectivity index (χ1n) is 7.25. The number of fused-ring (bicyclic) bond motifs is 1. The molecule has 1 aromatic carbocycles. The average Bonchev–Trinajstić information content (AvgIpc) is 2.80. The highest BCUT2D eigenvalue weighted by molar-refractivity contribution is 5.78. The first-order chi connectivity index (χ1) is 9.61. The Balaban J connectivity index is 1.72. The molecule has 0 amide bonds. The third kappa shape index (κ3) is 2.78. The topological polar surface area (TPSA) is 61.2 Å². The monoisotopic (exact) mass is 273 g/mol. The molecule has 2 aromatic rings. The molecule has 1 atom stereocenters. The van der Waals surface area contributed by atoms with Crippen LogP contribution in [0.15, 0.2) is 18.2 Å². The minimum absolute atomic E-state index is 0.618. The Kier molecular flexibility index (Phi) is 3.63. The summed E-state index contributed by atoms with van der Waals surface area (Å²) in [6, 6.07) is 6.43. The van der Waals surface area contributed by atoms with Crippen molar-refractivity contribution < 1.29 is 0 Å². The predicted molar refractivity (Wildman–Crippen MR) is 82.5 cm³/mol. The van der Waals surface area contributed by atoms with E-state index in [2.05, 4.69) is 33.9 Å². The molecule has 0 spiro atoms. The summed E-state index contributed by atoms with van der Waals surface area (Å²) in [5, 5.41) is 0. The molecule has 108 valence electrons. The number of nitrogens with zero attached hydrogens (tertiary/aromatic N) is 3. The number of hydrogen-bond acceptors (Lipinski definition) is 4. The smallest absolute Gasteiger partial charge is 0.121 e. The Labute approximate surface area is 119 Å². The van der Waals surface area contributed by atoms with E-state index in [-0.39, 0.29) is 0 Å². The maximum Gasteiger partial charge on any atom is 0.121 e. The normalized spacial score (nSPS) is 20.9. The molecular formula is C15H23N5. The molecule has 1 unspecified atom stereocenters. The zero-order valence-corrected chi connectivity index (χ0v) is 12.3. The molecule has 1 saturated heterocycles. The van der Waals surface area contributed by atoms with Gasteiger partial charge in [0.1, 0.15) is 5.82 Å². The minimum Gasteiger partial charge on any atom is -0.399 e. The van der Waals surface area contributed by atoms with Gasteiger partial charge >= 0.3 is 0 Å². The number of aromatic amines is 1. The summed E-state index contributed by atoms with van der Waals surface area (Å²) in [6.45, 7) is 3.21. The van der Waals surface area contributed by atoms with E-state index in [1.807, 2.05) is 18.2 Å². The van der Waals surface area contributed by atoms with Gasteiger partial charge in [-0.25, -0.2) is 4.98 Å². The van der Waals surface area contributed by atoms with Crippen LogP contribution >= 0.6 is 0 Å². The van der Waals surface area contributed by atoms with Gasteiger partial charge in [0, 0.05) is 18.3 Å². The molecule has 1 aliphatic heterocycles. The van der Waals surface area contributed by atoms with Crippen LogP contribution in [0, 0.1) is 0 Å². The number of aromatic nitrogens is 2. The molecular weight excluding hydrogens is 250 g/mol. The van der Waals surface area contributed by atoms with Crippen molar-refractivity contribution in [1.82, 2.24) is 19.8 Å². The zero-order valence-electron chi connectivity index (χ0n) is 12.3. The van der Waals surface area contributed by atoms with Crippen LogP contribution in [-0.4, -0.2) is 53.0 Å². The van der Waals surface area contributed by atoms with Crippen LogP contribution in [0.4, 0.5) is 5.69 Å². The molecule has 0 radical (unpaired) electrons. The van der Waals surface area contributed by atoms with Gasteiger partial charge in [0.05, 0.1) is 17.6 Å².